The largest absolute Gasteiger partial charge is 0.496 e. The summed E-state index contributed by atoms with van der Waals surface area (Å²) in [5.74, 6) is 1.53. The van der Waals surface area contributed by atoms with Crippen molar-refractivity contribution >= 4 is 35.4 Å². The average molecular weight is 587 g/mol. The van der Waals surface area contributed by atoms with Gasteiger partial charge in [-0.15, -0.1) is 11.8 Å². The third kappa shape index (κ3) is 8.92. The number of rotatable bonds is 15. The maximum atomic E-state index is 13.6. The molecular formula is C32H46N2O4S2. The van der Waals surface area contributed by atoms with Gasteiger partial charge in [-0.25, -0.2) is 4.79 Å². The first-order valence-corrected chi connectivity index (χ1v) is 16.9. The summed E-state index contributed by atoms with van der Waals surface area (Å²) in [7, 11) is 1.63. The highest BCUT2D eigenvalue weighted by atomic mass is 32.2. The van der Waals surface area contributed by atoms with Gasteiger partial charge in [-0.2, -0.15) is 11.8 Å². The molecule has 0 aliphatic heterocycles. The number of ether oxygens (including phenoxy) is 1. The zero-order valence-electron chi connectivity index (χ0n) is 24.6. The second kappa shape index (κ2) is 16.3. The van der Waals surface area contributed by atoms with Crippen LogP contribution in [0.25, 0.3) is 11.1 Å². The molecule has 0 bridgehead atoms. The number of thioether (sulfide) groups is 2. The van der Waals surface area contributed by atoms with E-state index in [0.29, 0.717) is 29.5 Å². The van der Waals surface area contributed by atoms with Gasteiger partial charge < -0.3 is 15.2 Å². The van der Waals surface area contributed by atoms with E-state index in [1.165, 1.54) is 32.1 Å². The van der Waals surface area contributed by atoms with Gasteiger partial charge in [-0.1, -0.05) is 63.3 Å². The molecule has 2 aromatic carbocycles. The lowest BCUT2D eigenvalue weighted by molar-refractivity contribution is -0.139. The molecule has 2 aromatic rings. The molecule has 0 saturated heterocycles. The first kappa shape index (κ1) is 32.4. The van der Waals surface area contributed by atoms with Gasteiger partial charge in [0.25, 0.3) is 5.91 Å². The summed E-state index contributed by atoms with van der Waals surface area (Å²) in [6.45, 7) is 6.46. The molecule has 1 amide bonds. The Morgan fingerprint density at radius 1 is 1.12 bits per heavy atom. The van der Waals surface area contributed by atoms with E-state index < -0.39 is 17.9 Å². The molecule has 1 aliphatic carbocycles. The second-order valence-corrected chi connectivity index (χ2v) is 13.1. The summed E-state index contributed by atoms with van der Waals surface area (Å²) in [5, 5.41) is 16.4. The number of benzene rings is 2. The topological polar surface area (TPSA) is 87.7 Å². The molecule has 8 heteroatoms. The molecule has 40 heavy (non-hydrogen) atoms. The summed E-state index contributed by atoms with van der Waals surface area (Å²) in [5.41, 5.74) is 4.19. The van der Waals surface area contributed by atoms with Crippen molar-refractivity contribution in [2.75, 3.05) is 24.9 Å². The lowest BCUT2D eigenvalue weighted by atomic mass is 9.85. The Balaban J connectivity index is 2.02. The summed E-state index contributed by atoms with van der Waals surface area (Å²) < 4.78 is 5.88. The number of hydrogen-bond donors (Lipinski definition) is 3. The molecule has 0 spiro atoms. The Labute approximate surface area is 248 Å². The normalized spacial score (nSPS) is 16.2. The smallest absolute Gasteiger partial charge is 0.326 e. The van der Waals surface area contributed by atoms with Crippen molar-refractivity contribution in [3.05, 3.63) is 53.1 Å². The standard InChI is InChI=1S/C32H46N2O4S2/c1-6-40-31(33-22(3)18-23-13-8-7-9-14-23)27-19-25(24-15-11-10-12-21(24)2)26(20-29(27)38-4)30(35)34-28(32(36)37)16-17-39-5/h10-12,15,19-20,22-23,28,31,33H,6-9,13-14,16-18H2,1-5H3,(H,34,35)(H,36,37). The Morgan fingerprint density at radius 3 is 2.48 bits per heavy atom. The number of carbonyl (C=O) groups excluding carboxylic acids is 1. The Kier molecular flexibility index (Phi) is 13.2. The zero-order chi connectivity index (χ0) is 29.1. The number of methoxy groups -OCH3 is 1. The van der Waals surface area contributed by atoms with Crippen molar-refractivity contribution in [3.63, 3.8) is 0 Å². The van der Waals surface area contributed by atoms with Gasteiger partial charge in [-0.3, -0.25) is 10.1 Å². The van der Waals surface area contributed by atoms with Crippen LogP contribution in [0.4, 0.5) is 0 Å². The fourth-order valence-corrected chi connectivity index (χ4v) is 7.13. The van der Waals surface area contributed by atoms with Crippen LogP contribution >= 0.6 is 23.5 Å². The van der Waals surface area contributed by atoms with Crippen molar-refractivity contribution in [2.24, 2.45) is 5.92 Å². The minimum absolute atomic E-state index is 0.00762. The van der Waals surface area contributed by atoms with Gasteiger partial charge in [0.15, 0.2) is 0 Å². The Morgan fingerprint density at radius 2 is 1.85 bits per heavy atom. The highest BCUT2D eigenvalue weighted by molar-refractivity contribution is 7.99. The van der Waals surface area contributed by atoms with E-state index in [0.717, 1.165) is 40.3 Å². The summed E-state index contributed by atoms with van der Waals surface area (Å²) in [4.78, 5) is 25.6. The maximum Gasteiger partial charge on any atom is 0.326 e. The van der Waals surface area contributed by atoms with E-state index in [1.54, 1.807) is 24.9 Å². The Bertz CT molecular complexity index is 1120. The van der Waals surface area contributed by atoms with Crippen LogP contribution in [0.5, 0.6) is 5.75 Å². The monoisotopic (exact) mass is 586 g/mol. The van der Waals surface area contributed by atoms with Gasteiger partial charge in [0.05, 0.1) is 18.0 Å². The van der Waals surface area contributed by atoms with Crippen LogP contribution in [0.15, 0.2) is 36.4 Å². The second-order valence-electron chi connectivity index (χ2n) is 10.7. The quantitative estimate of drug-likeness (QED) is 0.189. The number of nitrogens with one attached hydrogen (secondary N) is 2. The first-order chi connectivity index (χ1) is 19.3. The summed E-state index contributed by atoms with van der Waals surface area (Å²) in [6, 6.07) is 11.2. The number of hydrogen-bond acceptors (Lipinski definition) is 6. The molecule has 1 fully saturated rings. The molecule has 3 rings (SSSR count). The molecule has 220 valence electrons. The number of aryl methyl sites for hydroxylation is 1. The molecule has 6 nitrogen and oxygen atoms in total. The minimum atomic E-state index is -1.03. The average Bonchev–Trinajstić information content (AvgIpc) is 2.95. The molecule has 1 saturated carbocycles. The maximum absolute atomic E-state index is 13.6. The molecule has 3 unspecified atom stereocenters. The van der Waals surface area contributed by atoms with E-state index in [-0.39, 0.29) is 5.37 Å². The predicted octanol–water partition coefficient (Wildman–Crippen LogP) is 7.31. The third-order valence-electron chi connectivity index (χ3n) is 7.73. The molecule has 0 radical (unpaired) electrons. The van der Waals surface area contributed by atoms with Gasteiger partial charge in [0, 0.05) is 11.6 Å². The molecule has 0 aromatic heterocycles. The molecular weight excluding hydrogens is 540 g/mol. The zero-order valence-corrected chi connectivity index (χ0v) is 26.3. The SMILES string of the molecule is CCSC(NC(C)CC1CCCCC1)c1cc(-c2ccccc2C)c(C(=O)NC(CCSC)C(=O)O)cc1OC. The summed E-state index contributed by atoms with van der Waals surface area (Å²) >= 11 is 3.38. The highest BCUT2D eigenvalue weighted by Crippen LogP contribution is 2.40. The first-order valence-electron chi connectivity index (χ1n) is 14.5. The van der Waals surface area contributed by atoms with Gasteiger partial charge in [-0.05, 0) is 79.2 Å². The molecule has 0 heterocycles. The van der Waals surface area contributed by atoms with Crippen molar-refractivity contribution in [1.82, 2.24) is 10.6 Å². The molecule has 3 N–H and O–H groups in total. The van der Waals surface area contributed by atoms with Crippen LogP contribution < -0.4 is 15.4 Å². The van der Waals surface area contributed by atoms with Gasteiger partial charge in [0.1, 0.15) is 11.8 Å². The third-order valence-corrected chi connectivity index (χ3v) is 9.43. The van der Waals surface area contributed by atoms with Gasteiger partial charge >= 0.3 is 5.97 Å². The van der Waals surface area contributed by atoms with Crippen LogP contribution in [-0.4, -0.2) is 53.9 Å². The van der Waals surface area contributed by atoms with Crippen molar-refractivity contribution in [2.45, 2.75) is 83.2 Å². The Hall–Kier alpha value is -2.16. The van der Waals surface area contributed by atoms with Crippen LogP contribution in [0.1, 0.15) is 85.7 Å². The number of carboxylic acid groups (broad SMARTS) is 1. The van der Waals surface area contributed by atoms with Crippen LogP contribution in [0, 0.1) is 12.8 Å². The molecule has 3 atom stereocenters. The summed E-state index contributed by atoms with van der Waals surface area (Å²) in [6.07, 6.45) is 10.1. The van der Waals surface area contributed by atoms with Crippen molar-refractivity contribution in [3.8, 4) is 16.9 Å². The lowest BCUT2D eigenvalue weighted by Gasteiger charge is -2.29. The fraction of sp³-hybridized carbons (Fsp3) is 0.562. The van der Waals surface area contributed by atoms with Crippen molar-refractivity contribution < 1.29 is 19.4 Å². The molecule has 1 aliphatic rings. The fourth-order valence-electron chi connectivity index (χ4n) is 5.64. The number of carboxylic acids is 1. The van der Waals surface area contributed by atoms with E-state index >= 15 is 0 Å². The van der Waals surface area contributed by atoms with E-state index in [2.05, 4.69) is 30.5 Å². The minimum Gasteiger partial charge on any atom is -0.496 e. The lowest BCUT2D eigenvalue weighted by Crippen LogP contribution is -2.41. The number of aliphatic carboxylic acids is 1. The highest BCUT2D eigenvalue weighted by Gasteiger charge is 2.27. The van der Waals surface area contributed by atoms with E-state index in [9.17, 15) is 14.7 Å². The van der Waals surface area contributed by atoms with Crippen LogP contribution in [0.2, 0.25) is 0 Å². The van der Waals surface area contributed by atoms with E-state index in [4.69, 9.17) is 4.74 Å². The van der Waals surface area contributed by atoms with E-state index in [1.807, 2.05) is 49.2 Å². The number of carbonyl (C=O) groups is 2. The van der Waals surface area contributed by atoms with Gasteiger partial charge in [0.2, 0.25) is 0 Å². The predicted molar refractivity (Wildman–Crippen MR) is 170 cm³/mol. The van der Waals surface area contributed by atoms with Crippen LogP contribution in [0.3, 0.4) is 0 Å². The van der Waals surface area contributed by atoms with Crippen molar-refractivity contribution in [1.29, 1.82) is 0 Å². The number of amides is 1. The van der Waals surface area contributed by atoms with Crippen LogP contribution in [-0.2, 0) is 4.79 Å².